The van der Waals surface area contributed by atoms with Gasteiger partial charge in [-0.15, -0.1) is 23.1 Å². The first-order chi connectivity index (χ1) is 17.0. The fraction of sp³-hybridized carbons (Fsp3) is 0.160. The molecule has 1 aliphatic heterocycles. The molecule has 0 amide bonds. The number of halogens is 2. The third-order valence-electron chi connectivity index (χ3n) is 5.13. The lowest BCUT2D eigenvalue weighted by Crippen LogP contribution is -2.19. The maximum Gasteiger partial charge on any atom is 0.134 e. The van der Waals surface area contributed by atoms with E-state index in [1.807, 2.05) is 53.9 Å². The summed E-state index contributed by atoms with van der Waals surface area (Å²) in [6.07, 6.45) is 2.72. The standard InChI is InChI=1S/C25H22Cl2N4O2S2/c26-17-5-1-16(2-6-17)24-30-18(13-34-24)14-35-25-21(12-29)22(20(11-28)23(27)31-25)15-3-7-19(8-4-15)33-10-9-32/h1-8,11-13,25,29,32H,9-10,14,28H2. The molecule has 1 unspecified atom stereocenters. The lowest BCUT2D eigenvalue weighted by Gasteiger charge is -2.25. The summed E-state index contributed by atoms with van der Waals surface area (Å²) in [5, 5.41) is 20.6. The van der Waals surface area contributed by atoms with E-state index in [-0.39, 0.29) is 18.6 Å². The highest BCUT2D eigenvalue weighted by Crippen LogP contribution is 2.39. The van der Waals surface area contributed by atoms with Crippen LogP contribution in [0.3, 0.4) is 0 Å². The fourth-order valence-electron chi connectivity index (χ4n) is 3.51. The van der Waals surface area contributed by atoms with E-state index >= 15 is 0 Å². The van der Waals surface area contributed by atoms with Gasteiger partial charge >= 0.3 is 0 Å². The summed E-state index contributed by atoms with van der Waals surface area (Å²) < 4.78 is 5.46. The van der Waals surface area contributed by atoms with Gasteiger partial charge in [0.2, 0.25) is 0 Å². The molecule has 1 atom stereocenters. The van der Waals surface area contributed by atoms with Gasteiger partial charge in [0.1, 0.15) is 27.9 Å². The van der Waals surface area contributed by atoms with Crippen LogP contribution in [-0.2, 0) is 5.75 Å². The zero-order valence-electron chi connectivity index (χ0n) is 18.4. The topological polar surface area (TPSA) is 105 Å². The van der Waals surface area contributed by atoms with Crippen molar-refractivity contribution in [2.24, 2.45) is 10.7 Å². The molecule has 1 aliphatic rings. The van der Waals surface area contributed by atoms with Crippen LogP contribution in [0.1, 0.15) is 11.3 Å². The van der Waals surface area contributed by atoms with E-state index in [0.717, 1.165) is 27.4 Å². The Morgan fingerprint density at radius 1 is 1.11 bits per heavy atom. The highest BCUT2D eigenvalue weighted by molar-refractivity contribution is 7.99. The summed E-state index contributed by atoms with van der Waals surface area (Å²) >= 11 is 15.6. The Labute approximate surface area is 221 Å². The van der Waals surface area contributed by atoms with Gasteiger partial charge in [-0.1, -0.05) is 47.5 Å². The smallest absolute Gasteiger partial charge is 0.134 e. The zero-order chi connectivity index (χ0) is 24.8. The minimum absolute atomic E-state index is 0.0595. The van der Waals surface area contributed by atoms with Gasteiger partial charge in [-0.25, -0.2) is 4.98 Å². The van der Waals surface area contributed by atoms with Crippen molar-refractivity contribution in [3.8, 4) is 16.3 Å². The summed E-state index contributed by atoms with van der Waals surface area (Å²) in [6, 6.07) is 15.0. The van der Waals surface area contributed by atoms with Crippen LogP contribution in [0.5, 0.6) is 5.75 Å². The highest BCUT2D eigenvalue weighted by atomic mass is 35.5. The molecule has 10 heteroatoms. The molecule has 0 saturated carbocycles. The van der Waals surface area contributed by atoms with Crippen LogP contribution in [0.15, 0.2) is 76.2 Å². The van der Waals surface area contributed by atoms with Gasteiger partial charge in [-0.05, 0) is 29.8 Å². The summed E-state index contributed by atoms with van der Waals surface area (Å²) in [6.45, 7) is 0.158. The molecule has 0 radical (unpaired) electrons. The monoisotopic (exact) mass is 544 g/mol. The summed E-state index contributed by atoms with van der Waals surface area (Å²) in [4.78, 5) is 9.35. The molecule has 0 fully saturated rings. The summed E-state index contributed by atoms with van der Waals surface area (Å²) in [5.74, 6) is 1.24. The Morgan fingerprint density at radius 3 is 2.49 bits per heavy atom. The fourth-order valence-corrected chi connectivity index (χ4v) is 5.91. The van der Waals surface area contributed by atoms with E-state index in [0.29, 0.717) is 32.8 Å². The molecule has 0 bridgehead atoms. The van der Waals surface area contributed by atoms with Crippen LogP contribution >= 0.6 is 46.3 Å². The predicted molar refractivity (Wildman–Crippen MR) is 148 cm³/mol. The molecule has 3 aromatic rings. The summed E-state index contributed by atoms with van der Waals surface area (Å²) in [7, 11) is 0. The van der Waals surface area contributed by atoms with Gasteiger partial charge in [0.25, 0.3) is 0 Å². The molecule has 2 aromatic carbocycles. The molecule has 0 aliphatic carbocycles. The number of aliphatic hydroxyl groups is 1. The Bertz CT molecular complexity index is 1290. The molecule has 2 heterocycles. The highest BCUT2D eigenvalue weighted by Gasteiger charge is 2.28. The van der Waals surface area contributed by atoms with Crippen molar-refractivity contribution in [3.63, 3.8) is 0 Å². The Morgan fingerprint density at radius 2 is 1.83 bits per heavy atom. The number of rotatable bonds is 9. The SMILES string of the molecule is N=CC1=C(c2ccc(OCCO)cc2)C(=CN)C(Cl)=NC1SCc1csc(-c2ccc(Cl)cc2)n1. The maximum atomic E-state index is 8.96. The van der Waals surface area contributed by atoms with Crippen LogP contribution in [-0.4, -0.2) is 40.1 Å². The molecule has 0 saturated heterocycles. The molecule has 4 N–H and O–H groups in total. The van der Waals surface area contributed by atoms with Crippen molar-refractivity contribution in [1.82, 2.24) is 4.98 Å². The molecule has 1 aromatic heterocycles. The average molecular weight is 546 g/mol. The van der Waals surface area contributed by atoms with Crippen molar-refractivity contribution in [1.29, 1.82) is 5.41 Å². The van der Waals surface area contributed by atoms with Gasteiger partial charge < -0.3 is 21.0 Å². The number of allylic oxidation sites excluding steroid dienone is 2. The second kappa shape index (κ2) is 11.9. The molecule has 6 nitrogen and oxygen atoms in total. The number of hydrogen-bond donors (Lipinski definition) is 3. The van der Waals surface area contributed by atoms with Crippen molar-refractivity contribution in [2.45, 2.75) is 11.1 Å². The normalized spacial score (nSPS) is 16.9. The van der Waals surface area contributed by atoms with Crippen LogP contribution < -0.4 is 10.5 Å². The number of aromatic nitrogens is 1. The quantitative estimate of drug-likeness (QED) is 0.287. The second-order valence-corrected chi connectivity index (χ2v) is 10.1. The number of thiazole rings is 1. The van der Waals surface area contributed by atoms with E-state index in [2.05, 4.69) is 4.99 Å². The Balaban J connectivity index is 1.57. The van der Waals surface area contributed by atoms with Gasteiger partial charge in [0.15, 0.2) is 0 Å². The molecular weight excluding hydrogens is 523 g/mol. The number of aliphatic hydroxyl groups excluding tert-OH is 1. The number of dihydropyridines is 1. The number of benzene rings is 2. The second-order valence-electron chi connectivity index (χ2n) is 7.39. The number of nitrogens with zero attached hydrogens (tertiary/aromatic N) is 2. The van der Waals surface area contributed by atoms with E-state index < -0.39 is 0 Å². The van der Waals surface area contributed by atoms with Gasteiger partial charge in [-0.2, -0.15) is 0 Å². The molecular formula is C25H22Cl2N4O2S2. The van der Waals surface area contributed by atoms with E-state index in [4.69, 9.17) is 49.2 Å². The number of aliphatic imine (C=N–C) groups is 1. The number of nitrogens with one attached hydrogen (secondary N) is 1. The van der Waals surface area contributed by atoms with Gasteiger partial charge in [-0.3, -0.25) is 4.99 Å². The number of ether oxygens (including phenoxy) is 1. The average Bonchev–Trinajstić information content (AvgIpc) is 3.35. The Hall–Kier alpha value is -2.62. The van der Waals surface area contributed by atoms with Gasteiger partial charge in [0.05, 0.1) is 12.3 Å². The van der Waals surface area contributed by atoms with Crippen molar-refractivity contribution < 1.29 is 9.84 Å². The zero-order valence-corrected chi connectivity index (χ0v) is 21.6. The Kier molecular flexibility index (Phi) is 8.64. The molecule has 4 rings (SSSR count). The van der Waals surface area contributed by atoms with E-state index in [1.54, 1.807) is 23.1 Å². The lowest BCUT2D eigenvalue weighted by atomic mass is 9.92. The maximum absolute atomic E-state index is 8.96. The van der Waals surface area contributed by atoms with Crippen molar-refractivity contribution in [3.05, 3.63) is 87.5 Å². The largest absolute Gasteiger partial charge is 0.491 e. The van der Waals surface area contributed by atoms with Crippen molar-refractivity contribution in [2.75, 3.05) is 13.2 Å². The van der Waals surface area contributed by atoms with E-state index in [1.165, 1.54) is 12.4 Å². The first-order valence-corrected chi connectivity index (χ1v) is 13.3. The first-order valence-electron chi connectivity index (χ1n) is 10.6. The first kappa shape index (κ1) is 25.5. The van der Waals surface area contributed by atoms with Gasteiger partial charge in [0, 0.05) is 50.9 Å². The number of hydrogen-bond acceptors (Lipinski definition) is 8. The molecule has 180 valence electrons. The third kappa shape index (κ3) is 5.97. The lowest BCUT2D eigenvalue weighted by molar-refractivity contribution is 0.201. The van der Waals surface area contributed by atoms with Crippen molar-refractivity contribution >= 4 is 63.3 Å². The number of nitrogens with two attached hydrogens (primary N) is 1. The van der Waals surface area contributed by atoms with Crippen LogP contribution in [0.4, 0.5) is 0 Å². The minimum Gasteiger partial charge on any atom is -0.491 e. The van der Waals surface area contributed by atoms with Crippen LogP contribution in [0, 0.1) is 5.41 Å². The van der Waals surface area contributed by atoms with Crippen LogP contribution in [0.2, 0.25) is 5.02 Å². The third-order valence-corrected chi connectivity index (χ3v) is 7.76. The predicted octanol–water partition coefficient (Wildman–Crippen LogP) is 5.99. The minimum atomic E-state index is -0.385. The number of thioether (sulfide) groups is 1. The molecule has 35 heavy (non-hydrogen) atoms. The molecule has 0 spiro atoms. The van der Waals surface area contributed by atoms with E-state index in [9.17, 15) is 0 Å². The summed E-state index contributed by atoms with van der Waals surface area (Å²) in [5.41, 5.74) is 10.7. The van der Waals surface area contributed by atoms with Crippen LogP contribution in [0.25, 0.3) is 16.1 Å².